The molecule has 0 aliphatic heterocycles. The maximum Gasteiger partial charge on any atom is 0.219 e. The predicted octanol–water partition coefficient (Wildman–Crippen LogP) is 1.76. The highest BCUT2D eigenvalue weighted by molar-refractivity contribution is 5.75. The Labute approximate surface area is 96.9 Å². The molecule has 0 aliphatic carbocycles. The van der Waals surface area contributed by atoms with E-state index in [1.807, 2.05) is 6.92 Å². The van der Waals surface area contributed by atoms with E-state index < -0.39 is 0 Å². The fraction of sp³-hybridized carbons (Fsp3) is 0.667. The van der Waals surface area contributed by atoms with Gasteiger partial charge in [0.05, 0.1) is 0 Å². The molecule has 89 valence electrons. The molecule has 1 rings (SSSR count). The zero-order valence-electron chi connectivity index (χ0n) is 10.1. The first-order chi connectivity index (χ1) is 7.72. The minimum absolute atomic E-state index is 0.137. The maximum absolute atomic E-state index is 10.9. The van der Waals surface area contributed by atoms with Crippen molar-refractivity contribution >= 4 is 5.91 Å². The Morgan fingerprint density at radius 1 is 1.38 bits per heavy atom. The number of rotatable bonds is 7. The first-order valence-electron chi connectivity index (χ1n) is 5.86. The molecule has 0 aromatic carbocycles. The predicted molar refractivity (Wildman–Crippen MR) is 63.0 cm³/mol. The molecule has 0 saturated heterocycles. The molecule has 0 aliphatic rings. The van der Waals surface area contributed by atoms with Gasteiger partial charge in [0.2, 0.25) is 5.91 Å². The average Bonchev–Trinajstić information content (AvgIpc) is 2.69. The smallest absolute Gasteiger partial charge is 0.219 e. The Balaban J connectivity index is 1.98. The number of nitrogens with one attached hydrogen (secondary N) is 2. The lowest BCUT2D eigenvalue weighted by Crippen LogP contribution is -2.16. The lowest BCUT2D eigenvalue weighted by Gasteiger charge is -2.00. The minimum atomic E-state index is 0.137. The molecule has 4 nitrogen and oxygen atoms in total. The van der Waals surface area contributed by atoms with E-state index in [1.54, 1.807) is 7.05 Å². The summed E-state index contributed by atoms with van der Waals surface area (Å²) in [5.74, 6) is 1.06. The molecule has 1 heterocycles. The molecule has 2 N–H and O–H groups in total. The van der Waals surface area contributed by atoms with Crippen LogP contribution in [0.4, 0.5) is 0 Å². The molecule has 0 saturated carbocycles. The highest BCUT2D eigenvalue weighted by atomic mass is 16.1. The Morgan fingerprint density at radius 3 is 2.75 bits per heavy atom. The number of imidazole rings is 1. The van der Waals surface area contributed by atoms with Crippen LogP contribution >= 0.6 is 0 Å². The number of unbranched alkanes of at least 4 members (excludes halogenated alkanes) is 3. The summed E-state index contributed by atoms with van der Waals surface area (Å²) in [6, 6.07) is 0. The summed E-state index contributed by atoms with van der Waals surface area (Å²) in [4.78, 5) is 18.1. The molecular weight excluding hydrogens is 202 g/mol. The number of hydrogen-bond donors (Lipinski definition) is 2. The maximum atomic E-state index is 10.9. The van der Waals surface area contributed by atoms with Gasteiger partial charge in [0.1, 0.15) is 12.0 Å². The number of nitrogens with zero attached hydrogens (tertiary/aromatic N) is 1. The molecule has 1 aromatic heterocycles. The van der Waals surface area contributed by atoms with Gasteiger partial charge in [-0.2, -0.15) is 0 Å². The standard InChI is InChI=1S/C12H20N3O/c1-10-14-9-11(15-10)7-5-3-4-6-8-12(16)13-2/h3-8H2,1-2H3,(H,13,16)(H,14,15). The molecule has 1 radical (unpaired) electrons. The van der Waals surface area contributed by atoms with Gasteiger partial charge in [-0.15, -0.1) is 0 Å². The summed E-state index contributed by atoms with van der Waals surface area (Å²) in [5, 5.41) is 2.63. The summed E-state index contributed by atoms with van der Waals surface area (Å²) in [6.45, 7) is 1.93. The highest BCUT2D eigenvalue weighted by Crippen LogP contribution is 2.07. The Hall–Kier alpha value is -1.32. The van der Waals surface area contributed by atoms with Gasteiger partial charge >= 0.3 is 0 Å². The van der Waals surface area contributed by atoms with E-state index in [-0.39, 0.29) is 5.91 Å². The van der Waals surface area contributed by atoms with Gasteiger partial charge < -0.3 is 10.3 Å². The van der Waals surface area contributed by atoms with Crippen LogP contribution in [0.25, 0.3) is 0 Å². The van der Waals surface area contributed by atoms with Crippen LogP contribution in [-0.4, -0.2) is 22.9 Å². The first kappa shape index (κ1) is 12.7. The lowest BCUT2D eigenvalue weighted by atomic mass is 10.1. The topological polar surface area (TPSA) is 57.8 Å². The van der Waals surface area contributed by atoms with Crippen molar-refractivity contribution in [1.29, 1.82) is 0 Å². The van der Waals surface area contributed by atoms with Crippen molar-refractivity contribution in [2.75, 3.05) is 7.05 Å². The second-order valence-electron chi connectivity index (χ2n) is 4.00. The number of H-pyrrole nitrogens is 1. The Bertz CT molecular complexity index is 320. The summed E-state index contributed by atoms with van der Waals surface area (Å²) < 4.78 is 0. The van der Waals surface area contributed by atoms with Crippen molar-refractivity contribution in [1.82, 2.24) is 15.3 Å². The molecule has 0 atom stereocenters. The van der Waals surface area contributed by atoms with Crippen molar-refractivity contribution < 1.29 is 4.79 Å². The quantitative estimate of drug-likeness (QED) is 0.691. The van der Waals surface area contributed by atoms with Crippen LogP contribution in [0.15, 0.2) is 0 Å². The number of aromatic amines is 1. The number of carbonyl (C=O) groups excluding carboxylic acids is 1. The van der Waals surface area contributed by atoms with E-state index in [0.717, 1.165) is 43.6 Å². The highest BCUT2D eigenvalue weighted by Gasteiger charge is 1.99. The van der Waals surface area contributed by atoms with Crippen molar-refractivity contribution in [3.8, 4) is 0 Å². The van der Waals surface area contributed by atoms with Gasteiger partial charge in [-0.05, 0) is 26.2 Å². The van der Waals surface area contributed by atoms with Crippen molar-refractivity contribution in [3.63, 3.8) is 0 Å². The summed E-state index contributed by atoms with van der Waals surface area (Å²) in [6.07, 6.45) is 8.98. The number of aryl methyl sites for hydroxylation is 2. The largest absolute Gasteiger partial charge is 0.359 e. The Morgan fingerprint density at radius 2 is 2.12 bits per heavy atom. The number of carbonyl (C=O) groups is 1. The normalized spacial score (nSPS) is 10.4. The van der Waals surface area contributed by atoms with Gasteiger partial charge in [0.25, 0.3) is 0 Å². The molecular formula is C12H20N3O. The fourth-order valence-electron chi connectivity index (χ4n) is 1.61. The van der Waals surface area contributed by atoms with E-state index >= 15 is 0 Å². The van der Waals surface area contributed by atoms with E-state index in [1.165, 1.54) is 0 Å². The zero-order valence-corrected chi connectivity index (χ0v) is 10.1. The van der Waals surface area contributed by atoms with Crippen LogP contribution in [0.1, 0.15) is 43.6 Å². The van der Waals surface area contributed by atoms with E-state index in [4.69, 9.17) is 0 Å². The molecule has 1 amide bonds. The lowest BCUT2D eigenvalue weighted by molar-refractivity contribution is -0.120. The average molecular weight is 222 g/mol. The minimum Gasteiger partial charge on any atom is -0.359 e. The van der Waals surface area contributed by atoms with Gasteiger partial charge in [0.15, 0.2) is 0 Å². The van der Waals surface area contributed by atoms with Crippen molar-refractivity contribution in [2.45, 2.75) is 45.4 Å². The van der Waals surface area contributed by atoms with Crippen LogP contribution in [0.5, 0.6) is 0 Å². The summed E-state index contributed by atoms with van der Waals surface area (Å²) in [7, 11) is 1.68. The fourth-order valence-corrected chi connectivity index (χ4v) is 1.61. The second-order valence-corrected chi connectivity index (χ2v) is 4.00. The van der Waals surface area contributed by atoms with Gasteiger partial charge in [-0.25, -0.2) is 4.98 Å². The molecule has 0 spiro atoms. The Kier molecular flexibility index (Phi) is 5.61. The zero-order chi connectivity index (χ0) is 11.8. The third kappa shape index (κ3) is 4.96. The SMILES string of the molecule is CNC(=O)CCCCCCc1[c]nc(C)[nH]1. The third-order valence-corrected chi connectivity index (χ3v) is 2.55. The molecule has 0 fully saturated rings. The van der Waals surface area contributed by atoms with E-state index in [9.17, 15) is 4.79 Å². The van der Waals surface area contributed by atoms with Crippen LogP contribution in [-0.2, 0) is 11.2 Å². The van der Waals surface area contributed by atoms with Gasteiger partial charge in [0, 0.05) is 19.2 Å². The number of aromatic nitrogens is 2. The summed E-state index contributed by atoms with van der Waals surface area (Å²) >= 11 is 0. The van der Waals surface area contributed by atoms with Crippen molar-refractivity contribution in [2.24, 2.45) is 0 Å². The number of amides is 1. The molecule has 16 heavy (non-hydrogen) atoms. The second kappa shape index (κ2) is 7.04. The van der Waals surface area contributed by atoms with Gasteiger partial charge in [-0.3, -0.25) is 4.79 Å². The van der Waals surface area contributed by atoms with Gasteiger partial charge in [-0.1, -0.05) is 12.8 Å². The van der Waals surface area contributed by atoms with E-state index in [2.05, 4.69) is 21.5 Å². The van der Waals surface area contributed by atoms with Crippen LogP contribution < -0.4 is 5.32 Å². The molecule has 0 unspecified atom stereocenters. The van der Waals surface area contributed by atoms with Crippen LogP contribution in [0.3, 0.4) is 0 Å². The monoisotopic (exact) mass is 222 g/mol. The van der Waals surface area contributed by atoms with E-state index in [0.29, 0.717) is 6.42 Å². The summed E-state index contributed by atoms with van der Waals surface area (Å²) in [5.41, 5.74) is 1.09. The number of hydrogen-bond acceptors (Lipinski definition) is 2. The molecule has 4 heteroatoms. The van der Waals surface area contributed by atoms with Crippen molar-refractivity contribution in [3.05, 3.63) is 17.7 Å². The van der Waals surface area contributed by atoms with Crippen LogP contribution in [0.2, 0.25) is 0 Å². The third-order valence-electron chi connectivity index (χ3n) is 2.55. The first-order valence-corrected chi connectivity index (χ1v) is 5.86. The van der Waals surface area contributed by atoms with Crippen LogP contribution in [0, 0.1) is 13.1 Å². The molecule has 0 bridgehead atoms. The molecule has 1 aromatic rings.